The third-order valence-electron chi connectivity index (χ3n) is 4.47. The lowest BCUT2D eigenvalue weighted by Gasteiger charge is -2.15. The summed E-state index contributed by atoms with van der Waals surface area (Å²) in [6.45, 7) is 4.02. The summed E-state index contributed by atoms with van der Waals surface area (Å²) in [6.07, 6.45) is 4.48. The SMILES string of the molecule is CCc1cc2cccc(-n3cnc(C)c3)c2c(=O)n1-c1ccccc1. The maximum absolute atomic E-state index is 13.4. The molecule has 0 spiro atoms. The topological polar surface area (TPSA) is 39.8 Å². The van der Waals surface area contributed by atoms with Crippen molar-refractivity contribution in [2.24, 2.45) is 0 Å². The number of imidazole rings is 1. The van der Waals surface area contributed by atoms with Gasteiger partial charge in [-0.3, -0.25) is 9.36 Å². The Morgan fingerprint density at radius 2 is 1.84 bits per heavy atom. The van der Waals surface area contributed by atoms with Gasteiger partial charge in [-0.25, -0.2) is 4.98 Å². The van der Waals surface area contributed by atoms with Crippen LogP contribution >= 0.6 is 0 Å². The maximum atomic E-state index is 13.4. The predicted molar refractivity (Wildman–Crippen MR) is 101 cm³/mol. The van der Waals surface area contributed by atoms with Gasteiger partial charge in [0.25, 0.3) is 5.56 Å². The molecule has 2 heterocycles. The molecule has 2 aromatic carbocycles. The van der Waals surface area contributed by atoms with Gasteiger partial charge in [-0.2, -0.15) is 0 Å². The molecule has 4 heteroatoms. The third-order valence-corrected chi connectivity index (χ3v) is 4.47. The molecule has 0 N–H and O–H groups in total. The molecular weight excluding hydrogens is 310 g/mol. The molecular formula is C21H19N3O. The number of hydrogen-bond acceptors (Lipinski definition) is 2. The normalized spacial score (nSPS) is 11.1. The average molecular weight is 329 g/mol. The van der Waals surface area contributed by atoms with Crippen LogP contribution in [-0.4, -0.2) is 14.1 Å². The fraction of sp³-hybridized carbons (Fsp3) is 0.143. The van der Waals surface area contributed by atoms with Gasteiger partial charge in [0.05, 0.1) is 23.1 Å². The summed E-state index contributed by atoms with van der Waals surface area (Å²) in [4.78, 5) is 17.7. The van der Waals surface area contributed by atoms with Crippen LogP contribution in [0.4, 0.5) is 0 Å². The third kappa shape index (κ3) is 2.56. The van der Waals surface area contributed by atoms with Crippen molar-refractivity contribution >= 4 is 10.8 Å². The average Bonchev–Trinajstić information content (AvgIpc) is 3.08. The minimum absolute atomic E-state index is 0.00232. The molecule has 0 aliphatic rings. The van der Waals surface area contributed by atoms with Gasteiger partial charge >= 0.3 is 0 Å². The second kappa shape index (κ2) is 6.06. The molecule has 25 heavy (non-hydrogen) atoms. The maximum Gasteiger partial charge on any atom is 0.265 e. The molecule has 4 rings (SSSR count). The first kappa shape index (κ1) is 15.4. The van der Waals surface area contributed by atoms with Crippen molar-refractivity contribution in [3.63, 3.8) is 0 Å². The molecule has 0 saturated heterocycles. The molecule has 2 aromatic heterocycles. The minimum atomic E-state index is 0.00232. The van der Waals surface area contributed by atoms with Gasteiger partial charge < -0.3 is 4.57 Å². The van der Waals surface area contributed by atoms with E-state index >= 15 is 0 Å². The standard InChI is InChI=1S/C21H19N3O/c1-3-17-12-16-8-7-11-19(23-13-15(2)22-14-23)20(16)21(25)24(17)18-9-5-4-6-10-18/h4-14H,3H2,1-2H3. The summed E-state index contributed by atoms with van der Waals surface area (Å²) < 4.78 is 3.73. The number of rotatable bonds is 3. The van der Waals surface area contributed by atoms with Crippen molar-refractivity contribution < 1.29 is 0 Å². The van der Waals surface area contributed by atoms with E-state index in [9.17, 15) is 4.79 Å². The summed E-state index contributed by atoms with van der Waals surface area (Å²) in [7, 11) is 0. The van der Waals surface area contributed by atoms with Crippen molar-refractivity contribution in [2.45, 2.75) is 20.3 Å². The van der Waals surface area contributed by atoms with Gasteiger partial charge in [-0.1, -0.05) is 37.3 Å². The van der Waals surface area contributed by atoms with E-state index in [1.54, 1.807) is 6.33 Å². The second-order valence-electron chi connectivity index (χ2n) is 6.13. The lowest BCUT2D eigenvalue weighted by Crippen LogP contribution is -2.23. The summed E-state index contributed by atoms with van der Waals surface area (Å²) in [5.41, 5.74) is 3.68. The summed E-state index contributed by atoms with van der Waals surface area (Å²) in [5, 5.41) is 1.67. The summed E-state index contributed by atoms with van der Waals surface area (Å²) >= 11 is 0. The number of hydrogen-bond donors (Lipinski definition) is 0. The predicted octanol–water partition coefficient (Wildman–Crippen LogP) is 4.05. The van der Waals surface area contributed by atoms with Gasteiger partial charge in [-0.15, -0.1) is 0 Å². The van der Waals surface area contributed by atoms with Crippen molar-refractivity contribution in [1.82, 2.24) is 14.1 Å². The van der Waals surface area contributed by atoms with E-state index in [0.29, 0.717) is 5.39 Å². The van der Waals surface area contributed by atoms with Crippen LogP contribution in [0.25, 0.3) is 22.1 Å². The minimum Gasteiger partial charge on any atom is -0.305 e. The van der Waals surface area contributed by atoms with Gasteiger partial charge in [0.15, 0.2) is 0 Å². The first-order valence-corrected chi connectivity index (χ1v) is 8.43. The highest BCUT2D eigenvalue weighted by Gasteiger charge is 2.14. The molecule has 0 unspecified atom stereocenters. The molecule has 0 aliphatic carbocycles. The highest BCUT2D eigenvalue weighted by Crippen LogP contribution is 2.22. The molecule has 0 aliphatic heterocycles. The van der Waals surface area contributed by atoms with E-state index in [2.05, 4.69) is 18.0 Å². The van der Waals surface area contributed by atoms with E-state index < -0.39 is 0 Å². The van der Waals surface area contributed by atoms with Crippen molar-refractivity contribution in [2.75, 3.05) is 0 Å². The second-order valence-corrected chi connectivity index (χ2v) is 6.13. The zero-order chi connectivity index (χ0) is 17.4. The van der Waals surface area contributed by atoms with Crippen LogP contribution in [0.2, 0.25) is 0 Å². The molecule has 0 atom stereocenters. The quantitative estimate of drug-likeness (QED) is 0.569. The van der Waals surface area contributed by atoms with Gasteiger partial charge in [0, 0.05) is 17.6 Å². The fourth-order valence-corrected chi connectivity index (χ4v) is 3.29. The van der Waals surface area contributed by atoms with Crippen LogP contribution in [0.5, 0.6) is 0 Å². The Bertz CT molecular complexity index is 1110. The lowest BCUT2D eigenvalue weighted by atomic mass is 10.1. The van der Waals surface area contributed by atoms with Gasteiger partial charge in [-0.05, 0) is 43.0 Å². The zero-order valence-electron chi connectivity index (χ0n) is 14.3. The Morgan fingerprint density at radius 1 is 1.04 bits per heavy atom. The van der Waals surface area contributed by atoms with E-state index in [1.165, 1.54) is 0 Å². The Hall–Kier alpha value is -3.14. The van der Waals surface area contributed by atoms with Crippen LogP contribution in [0.1, 0.15) is 18.3 Å². The van der Waals surface area contributed by atoms with Gasteiger partial charge in [0.2, 0.25) is 0 Å². The highest BCUT2D eigenvalue weighted by molar-refractivity contribution is 5.90. The summed E-state index contributed by atoms with van der Waals surface area (Å²) in [5.74, 6) is 0. The molecule has 0 radical (unpaired) electrons. The van der Waals surface area contributed by atoms with Gasteiger partial charge in [0.1, 0.15) is 0 Å². The van der Waals surface area contributed by atoms with Crippen LogP contribution < -0.4 is 5.56 Å². The molecule has 0 amide bonds. The molecule has 0 bridgehead atoms. The largest absolute Gasteiger partial charge is 0.305 e. The molecule has 0 fully saturated rings. The van der Waals surface area contributed by atoms with Crippen molar-refractivity contribution in [3.8, 4) is 11.4 Å². The van der Waals surface area contributed by atoms with Crippen LogP contribution in [0.15, 0.2) is 71.9 Å². The van der Waals surface area contributed by atoms with Crippen LogP contribution in [0.3, 0.4) is 0 Å². The Kier molecular flexibility index (Phi) is 3.73. The zero-order valence-corrected chi connectivity index (χ0v) is 14.3. The highest BCUT2D eigenvalue weighted by atomic mass is 16.1. The Labute approximate surface area is 146 Å². The fourth-order valence-electron chi connectivity index (χ4n) is 3.29. The smallest absolute Gasteiger partial charge is 0.265 e. The van der Waals surface area contributed by atoms with E-state index in [0.717, 1.165) is 34.6 Å². The number of para-hydroxylation sites is 1. The van der Waals surface area contributed by atoms with E-state index in [-0.39, 0.29) is 5.56 Å². The molecule has 4 aromatic rings. The number of nitrogens with zero attached hydrogens (tertiary/aromatic N) is 3. The van der Waals surface area contributed by atoms with Crippen LogP contribution in [0, 0.1) is 6.92 Å². The van der Waals surface area contributed by atoms with Crippen molar-refractivity contribution in [3.05, 3.63) is 88.9 Å². The number of aromatic nitrogens is 3. The first-order chi connectivity index (χ1) is 12.2. The molecule has 124 valence electrons. The first-order valence-electron chi connectivity index (χ1n) is 8.43. The Balaban J connectivity index is 2.10. The van der Waals surface area contributed by atoms with Crippen molar-refractivity contribution in [1.29, 1.82) is 0 Å². The number of pyridine rings is 1. The number of fused-ring (bicyclic) bond motifs is 1. The lowest BCUT2D eigenvalue weighted by molar-refractivity contribution is 0.887. The number of benzene rings is 2. The van der Waals surface area contributed by atoms with E-state index in [1.807, 2.05) is 70.8 Å². The molecule has 0 saturated carbocycles. The monoisotopic (exact) mass is 329 g/mol. The van der Waals surface area contributed by atoms with Crippen LogP contribution in [-0.2, 0) is 6.42 Å². The number of aryl methyl sites for hydroxylation is 2. The molecule has 4 nitrogen and oxygen atoms in total. The Morgan fingerprint density at radius 3 is 2.52 bits per heavy atom. The van der Waals surface area contributed by atoms with E-state index in [4.69, 9.17) is 0 Å². The summed E-state index contributed by atoms with van der Waals surface area (Å²) in [6, 6.07) is 17.9.